The first-order valence-electron chi connectivity index (χ1n) is 7.40. The molecule has 1 aromatic carbocycles. The Bertz CT molecular complexity index is 530. The maximum atomic E-state index is 12.4. The summed E-state index contributed by atoms with van der Waals surface area (Å²) in [5.74, 6) is 0.497. The summed E-state index contributed by atoms with van der Waals surface area (Å²) >= 11 is 0. The summed E-state index contributed by atoms with van der Waals surface area (Å²) in [7, 11) is 5.23. The van der Waals surface area contributed by atoms with Crippen molar-refractivity contribution in [2.24, 2.45) is 5.92 Å². The van der Waals surface area contributed by atoms with Gasteiger partial charge in [-0.25, -0.2) is 0 Å². The van der Waals surface area contributed by atoms with Crippen LogP contribution in [0, 0.1) is 5.92 Å². The van der Waals surface area contributed by atoms with Gasteiger partial charge in [0.1, 0.15) is 5.75 Å². The summed E-state index contributed by atoms with van der Waals surface area (Å²) in [4.78, 5) is 27.9. The minimum atomic E-state index is -0.267. The lowest BCUT2D eigenvalue weighted by atomic mass is 10.1. The number of carbonyl (C=O) groups excluding carboxylic acids is 2. The number of anilines is 1. The second-order valence-electron chi connectivity index (χ2n) is 5.47. The van der Waals surface area contributed by atoms with Crippen molar-refractivity contribution in [3.05, 3.63) is 24.3 Å². The van der Waals surface area contributed by atoms with Crippen molar-refractivity contribution in [1.82, 2.24) is 10.2 Å². The third kappa shape index (κ3) is 3.57. The fraction of sp³-hybridized carbons (Fsp3) is 0.500. The van der Waals surface area contributed by atoms with Gasteiger partial charge in [-0.3, -0.25) is 9.59 Å². The zero-order chi connectivity index (χ0) is 16.1. The molecule has 1 unspecified atom stereocenters. The van der Waals surface area contributed by atoms with E-state index in [0.29, 0.717) is 13.1 Å². The molecule has 1 heterocycles. The lowest BCUT2D eigenvalue weighted by molar-refractivity contribution is -0.134. The van der Waals surface area contributed by atoms with Crippen LogP contribution in [0.2, 0.25) is 0 Å². The Balaban J connectivity index is 2.02. The standard InChI is InChI=1S/C16H23N3O3/c1-17-8-9-18(2)16(21)12-10-15(20)19(11-12)13-4-6-14(22-3)7-5-13/h4-7,12,17H,8-11H2,1-3H3. The van der Waals surface area contributed by atoms with Gasteiger partial charge in [-0.1, -0.05) is 0 Å². The molecule has 1 fully saturated rings. The molecule has 2 amide bonds. The smallest absolute Gasteiger partial charge is 0.227 e. The highest BCUT2D eigenvalue weighted by atomic mass is 16.5. The number of hydrogen-bond acceptors (Lipinski definition) is 4. The third-order valence-electron chi connectivity index (χ3n) is 3.93. The van der Waals surface area contributed by atoms with Gasteiger partial charge in [-0.15, -0.1) is 0 Å². The van der Waals surface area contributed by atoms with Gasteiger partial charge in [-0.05, 0) is 31.3 Å². The average Bonchev–Trinajstić information content (AvgIpc) is 2.93. The van der Waals surface area contributed by atoms with Gasteiger partial charge in [-0.2, -0.15) is 0 Å². The second-order valence-corrected chi connectivity index (χ2v) is 5.47. The van der Waals surface area contributed by atoms with Gasteiger partial charge in [0.15, 0.2) is 0 Å². The first-order chi connectivity index (χ1) is 10.6. The molecule has 1 aliphatic heterocycles. The molecule has 22 heavy (non-hydrogen) atoms. The van der Waals surface area contributed by atoms with E-state index in [1.54, 1.807) is 24.0 Å². The summed E-state index contributed by atoms with van der Waals surface area (Å²) < 4.78 is 5.12. The molecule has 0 spiro atoms. The van der Waals surface area contributed by atoms with Gasteiger partial charge in [0.2, 0.25) is 11.8 Å². The summed E-state index contributed by atoms with van der Waals surface area (Å²) in [6, 6.07) is 7.32. The fourth-order valence-electron chi connectivity index (χ4n) is 2.59. The van der Waals surface area contributed by atoms with Crippen LogP contribution in [-0.2, 0) is 9.59 Å². The molecule has 1 N–H and O–H groups in total. The van der Waals surface area contributed by atoms with Crippen molar-refractivity contribution in [3.8, 4) is 5.75 Å². The summed E-state index contributed by atoms with van der Waals surface area (Å²) in [5.41, 5.74) is 0.805. The van der Waals surface area contributed by atoms with E-state index in [4.69, 9.17) is 4.74 Å². The summed E-state index contributed by atoms with van der Waals surface area (Å²) in [6.07, 6.45) is 0.273. The predicted molar refractivity (Wildman–Crippen MR) is 85.0 cm³/mol. The van der Waals surface area contributed by atoms with Gasteiger partial charge in [0, 0.05) is 38.8 Å². The number of amides is 2. The van der Waals surface area contributed by atoms with Crippen molar-refractivity contribution in [3.63, 3.8) is 0 Å². The highest BCUT2D eigenvalue weighted by Crippen LogP contribution is 2.27. The number of ether oxygens (including phenoxy) is 1. The molecular formula is C16H23N3O3. The van der Waals surface area contributed by atoms with Crippen molar-refractivity contribution in [2.45, 2.75) is 6.42 Å². The molecule has 0 radical (unpaired) electrons. The van der Waals surface area contributed by atoms with Crippen molar-refractivity contribution in [1.29, 1.82) is 0 Å². The lowest BCUT2D eigenvalue weighted by Crippen LogP contribution is -2.38. The molecule has 6 nitrogen and oxygen atoms in total. The van der Waals surface area contributed by atoms with Crippen LogP contribution in [-0.4, -0.2) is 57.6 Å². The number of nitrogens with one attached hydrogen (secondary N) is 1. The van der Waals surface area contributed by atoms with Crippen LogP contribution in [0.25, 0.3) is 0 Å². The van der Waals surface area contributed by atoms with E-state index in [1.165, 1.54) is 0 Å². The number of rotatable bonds is 6. The molecule has 0 aliphatic carbocycles. The molecule has 2 rings (SSSR count). The number of benzene rings is 1. The van der Waals surface area contributed by atoms with E-state index in [0.717, 1.165) is 18.0 Å². The van der Waals surface area contributed by atoms with Gasteiger partial charge in [0.05, 0.1) is 13.0 Å². The molecule has 1 aliphatic rings. The van der Waals surface area contributed by atoms with Gasteiger partial charge < -0.3 is 19.9 Å². The van der Waals surface area contributed by atoms with Crippen LogP contribution in [0.3, 0.4) is 0 Å². The Morgan fingerprint density at radius 2 is 2.09 bits per heavy atom. The number of methoxy groups -OCH3 is 1. The molecule has 1 saturated heterocycles. The second kappa shape index (κ2) is 7.26. The molecule has 0 aromatic heterocycles. The molecule has 120 valence electrons. The van der Waals surface area contributed by atoms with Crippen LogP contribution < -0.4 is 15.0 Å². The Morgan fingerprint density at radius 1 is 1.41 bits per heavy atom. The largest absolute Gasteiger partial charge is 0.497 e. The van der Waals surface area contributed by atoms with E-state index in [9.17, 15) is 9.59 Å². The lowest BCUT2D eigenvalue weighted by Gasteiger charge is -2.21. The Hall–Kier alpha value is -2.08. The topological polar surface area (TPSA) is 61.9 Å². The van der Waals surface area contributed by atoms with Gasteiger partial charge >= 0.3 is 0 Å². The Labute approximate surface area is 131 Å². The molecule has 1 aromatic rings. The maximum Gasteiger partial charge on any atom is 0.227 e. The molecular weight excluding hydrogens is 282 g/mol. The van der Waals surface area contributed by atoms with Crippen molar-refractivity contribution in [2.75, 3.05) is 45.7 Å². The van der Waals surface area contributed by atoms with E-state index in [1.807, 2.05) is 31.3 Å². The minimum Gasteiger partial charge on any atom is -0.497 e. The summed E-state index contributed by atoms with van der Waals surface area (Å²) in [5, 5.41) is 3.02. The van der Waals surface area contributed by atoms with Crippen molar-refractivity contribution < 1.29 is 14.3 Å². The van der Waals surface area contributed by atoms with Crippen LogP contribution in [0.15, 0.2) is 24.3 Å². The summed E-state index contributed by atoms with van der Waals surface area (Å²) in [6.45, 7) is 1.82. The quantitative estimate of drug-likeness (QED) is 0.841. The number of hydrogen-bond donors (Lipinski definition) is 1. The predicted octanol–water partition coefficient (Wildman–Crippen LogP) is 0.726. The molecule has 6 heteroatoms. The SMILES string of the molecule is CNCCN(C)C(=O)C1CC(=O)N(c2ccc(OC)cc2)C1. The Morgan fingerprint density at radius 3 is 2.68 bits per heavy atom. The van der Waals surface area contributed by atoms with Gasteiger partial charge in [0.25, 0.3) is 0 Å². The first kappa shape index (κ1) is 16.3. The maximum absolute atomic E-state index is 12.4. The van der Waals surface area contributed by atoms with E-state index in [2.05, 4.69) is 5.32 Å². The van der Waals surface area contributed by atoms with Crippen LogP contribution >= 0.6 is 0 Å². The Kier molecular flexibility index (Phi) is 5.38. The average molecular weight is 305 g/mol. The van der Waals surface area contributed by atoms with Crippen molar-refractivity contribution >= 4 is 17.5 Å². The van der Waals surface area contributed by atoms with E-state index in [-0.39, 0.29) is 24.2 Å². The fourth-order valence-corrected chi connectivity index (χ4v) is 2.59. The van der Waals surface area contributed by atoms with Crippen LogP contribution in [0.5, 0.6) is 5.75 Å². The zero-order valence-electron chi connectivity index (χ0n) is 13.3. The molecule has 1 atom stereocenters. The highest BCUT2D eigenvalue weighted by Gasteiger charge is 2.36. The molecule has 0 saturated carbocycles. The number of carbonyl (C=O) groups is 2. The zero-order valence-corrected chi connectivity index (χ0v) is 13.3. The third-order valence-corrected chi connectivity index (χ3v) is 3.93. The monoisotopic (exact) mass is 305 g/mol. The van der Waals surface area contributed by atoms with Crippen LogP contribution in [0.4, 0.5) is 5.69 Å². The van der Waals surface area contributed by atoms with E-state index >= 15 is 0 Å². The number of nitrogens with zero attached hydrogens (tertiary/aromatic N) is 2. The van der Waals surface area contributed by atoms with E-state index < -0.39 is 0 Å². The van der Waals surface area contributed by atoms with Crippen LogP contribution in [0.1, 0.15) is 6.42 Å². The molecule has 0 bridgehead atoms. The normalized spacial score (nSPS) is 17.7. The number of likely N-dealkylation sites (N-methyl/N-ethyl adjacent to an activating group) is 2. The first-order valence-corrected chi connectivity index (χ1v) is 7.40. The minimum absolute atomic E-state index is 0.00877. The highest BCUT2D eigenvalue weighted by molar-refractivity contribution is 6.00.